The summed E-state index contributed by atoms with van der Waals surface area (Å²) in [6.07, 6.45) is 3.36. The van der Waals surface area contributed by atoms with Crippen molar-refractivity contribution in [2.24, 2.45) is 0 Å². The van der Waals surface area contributed by atoms with Crippen LogP contribution in [0.25, 0.3) is 27.7 Å². The molecular formula is C26H31NO5. The van der Waals surface area contributed by atoms with E-state index in [1.165, 1.54) is 0 Å². The van der Waals surface area contributed by atoms with Crippen molar-refractivity contribution < 1.29 is 23.4 Å². The van der Waals surface area contributed by atoms with Gasteiger partial charge in [-0.1, -0.05) is 12.1 Å². The van der Waals surface area contributed by atoms with Gasteiger partial charge in [-0.2, -0.15) is 0 Å². The minimum absolute atomic E-state index is 0.168. The first-order chi connectivity index (χ1) is 15.5. The van der Waals surface area contributed by atoms with Gasteiger partial charge < -0.3 is 23.9 Å². The fourth-order valence-electron chi connectivity index (χ4n) is 3.66. The summed E-state index contributed by atoms with van der Waals surface area (Å²) >= 11 is 0. The molecule has 3 aromatic rings. The van der Waals surface area contributed by atoms with Crippen LogP contribution in [0.3, 0.4) is 0 Å². The van der Waals surface area contributed by atoms with E-state index >= 15 is 0 Å². The Kier molecular flexibility index (Phi) is 7.95. The number of nitrogens with one attached hydrogen (secondary N) is 1. The number of rotatable bonds is 10. The van der Waals surface area contributed by atoms with Gasteiger partial charge in [-0.25, -0.2) is 0 Å². The molecule has 0 spiro atoms. The van der Waals surface area contributed by atoms with E-state index < -0.39 is 0 Å². The minimum Gasteiger partial charge on any atom is -0.494 e. The number of aryl methyl sites for hydroxylation is 1. The minimum atomic E-state index is -0.168. The maximum Gasteiger partial charge on any atom is 0.244 e. The van der Waals surface area contributed by atoms with Gasteiger partial charge in [0.1, 0.15) is 17.1 Å². The lowest BCUT2D eigenvalue weighted by Crippen LogP contribution is -2.25. The van der Waals surface area contributed by atoms with Gasteiger partial charge in [-0.05, 0) is 57.0 Å². The molecule has 1 N–H and O–H groups in total. The highest BCUT2D eigenvalue weighted by Crippen LogP contribution is 2.41. The van der Waals surface area contributed by atoms with Gasteiger partial charge in [0, 0.05) is 41.8 Å². The summed E-state index contributed by atoms with van der Waals surface area (Å²) in [6, 6.07) is 9.99. The molecule has 1 amide bonds. The fraction of sp³-hybridized carbons (Fsp3) is 0.346. The molecule has 1 heterocycles. The Morgan fingerprint density at radius 3 is 2.50 bits per heavy atom. The van der Waals surface area contributed by atoms with Crippen molar-refractivity contribution in [1.29, 1.82) is 0 Å². The number of allylic oxidation sites excluding steroid dienone is 1. The van der Waals surface area contributed by atoms with E-state index in [0.717, 1.165) is 50.3 Å². The quantitative estimate of drug-likeness (QED) is 0.341. The predicted octanol–water partition coefficient (Wildman–Crippen LogP) is 5.37. The molecule has 32 heavy (non-hydrogen) atoms. The first-order valence-electron chi connectivity index (χ1n) is 10.9. The summed E-state index contributed by atoms with van der Waals surface area (Å²) in [5, 5.41) is 3.79. The summed E-state index contributed by atoms with van der Waals surface area (Å²) in [4.78, 5) is 12.3. The van der Waals surface area contributed by atoms with E-state index in [-0.39, 0.29) is 5.91 Å². The van der Waals surface area contributed by atoms with Gasteiger partial charge in [0.05, 0.1) is 26.1 Å². The summed E-state index contributed by atoms with van der Waals surface area (Å²) < 4.78 is 22.5. The molecule has 0 aliphatic heterocycles. The van der Waals surface area contributed by atoms with Crippen LogP contribution in [0.2, 0.25) is 0 Å². The molecule has 6 nitrogen and oxygen atoms in total. The van der Waals surface area contributed by atoms with Gasteiger partial charge in [0.15, 0.2) is 0 Å². The van der Waals surface area contributed by atoms with Gasteiger partial charge >= 0.3 is 0 Å². The number of furan rings is 1. The van der Waals surface area contributed by atoms with Crippen LogP contribution in [0.15, 0.2) is 47.1 Å². The van der Waals surface area contributed by atoms with E-state index in [0.29, 0.717) is 26.4 Å². The van der Waals surface area contributed by atoms with Crippen LogP contribution >= 0.6 is 0 Å². The van der Waals surface area contributed by atoms with E-state index in [1.54, 1.807) is 19.4 Å². The number of hydrogen-bond acceptors (Lipinski definition) is 5. The SMILES string of the molecule is CCOc1ccc(-c2coc3c(C)c(OCC)c(/C(C)=C/C(=O)NCCOC)cc23)cc1. The van der Waals surface area contributed by atoms with Gasteiger partial charge in [-0.15, -0.1) is 0 Å². The van der Waals surface area contributed by atoms with Crippen LogP contribution in [0.1, 0.15) is 31.9 Å². The second kappa shape index (κ2) is 10.9. The molecule has 0 atom stereocenters. The first-order valence-corrected chi connectivity index (χ1v) is 10.9. The van der Waals surface area contributed by atoms with Crippen molar-refractivity contribution in [3.8, 4) is 22.6 Å². The van der Waals surface area contributed by atoms with E-state index in [9.17, 15) is 4.79 Å². The number of methoxy groups -OCH3 is 1. The number of amides is 1. The fourth-order valence-corrected chi connectivity index (χ4v) is 3.66. The third-order valence-electron chi connectivity index (χ3n) is 5.19. The number of hydrogen-bond donors (Lipinski definition) is 1. The van der Waals surface area contributed by atoms with Crippen LogP contribution < -0.4 is 14.8 Å². The van der Waals surface area contributed by atoms with Gasteiger partial charge in [0.25, 0.3) is 0 Å². The molecule has 3 rings (SSSR count). The highest BCUT2D eigenvalue weighted by Gasteiger charge is 2.19. The first kappa shape index (κ1) is 23.4. The maximum absolute atomic E-state index is 12.3. The van der Waals surface area contributed by atoms with Crippen LogP contribution in [0.5, 0.6) is 11.5 Å². The molecular weight excluding hydrogens is 406 g/mol. The van der Waals surface area contributed by atoms with Crippen molar-refractivity contribution in [2.45, 2.75) is 27.7 Å². The maximum atomic E-state index is 12.3. The molecule has 6 heteroatoms. The third kappa shape index (κ3) is 5.14. The molecule has 0 aliphatic rings. The zero-order chi connectivity index (χ0) is 23.1. The molecule has 0 bridgehead atoms. The molecule has 0 saturated heterocycles. The second-order valence-corrected chi connectivity index (χ2v) is 7.41. The average molecular weight is 438 g/mol. The lowest BCUT2D eigenvalue weighted by atomic mass is 9.96. The summed E-state index contributed by atoms with van der Waals surface area (Å²) in [5.74, 6) is 1.39. The number of carbonyl (C=O) groups is 1. The van der Waals surface area contributed by atoms with Crippen molar-refractivity contribution in [3.05, 3.63) is 53.8 Å². The van der Waals surface area contributed by atoms with E-state index in [4.69, 9.17) is 18.6 Å². The topological polar surface area (TPSA) is 69.9 Å². The van der Waals surface area contributed by atoms with Gasteiger partial charge in [0.2, 0.25) is 5.91 Å². The van der Waals surface area contributed by atoms with Crippen molar-refractivity contribution in [3.63, 3.8) is 0 Å². The van der Waals surface area contributed by atoms with Gasteiger partial charge in [-0.3, -0.25) is 4.79 Å². The molecule has 0 fully saturated rings. The lowest BCUT2D eigenvalue weighted by Gasteiger charge is -2.15. The molecule has 0 radical (unpaired) electrons. The summed E-state index contributed by atoms with van der Waals surface area (Å²) in [6.45, 7) is 9.86. The highest BCUT2D eigenvalue weighted by atomic mass is 16.5. The molecule has 1 aromatic heterocycles. The van der Waals surface area contributed by atoms with E-state index in [1.807, 2.05) is 58.0 Å². The van der Waals surface area contributed by atoms with Crippen LogP contribution in [0, 0.1) is 6.92 Å². The largest absolute Gasteiger partial charge is 0.494 e. The molecule has 0 unspecified atom stereocenters. The van der Waals surface area contributed by atoms with Crippen molar-refractivity contribution in [2.75, 3.05) is 33.5 Å². The van der Waals surface area contributed by atoms with Crippen molar-refractivity contribution in [1.82, 2.24) is 5.32 Å². The van der Waals surface area contributed by atoms with Crippen LogP contribution in [-0.4, -0.2) is 39.4 Å². The van der Waals surface area contributed by atoms with Crippen LogP contribution in [0.4, 0.5) is 0 Å². The zero-order valence-electron chi connectivity index (χ0n) is 19.4. The average Bonchev–Trinajstić information content (AvgIpc) is 3.21. The predicted molar refractivity (Wildman–Crippen MR) is 127 cm³/mol. The smallest absolute Gasteiger partial charge is 0.244 e. The Morgan fingerprint density at radius 2 is 1.84 bits per heavy atom. The Bertz CT molecular complexity index is 1100. The molecule has 0 saturated carbocycles. The molecule has 2 aromatic carbocycles. The Labute approximate surface area is 189 Å². The second-order valence-electron chi connectivity index (χ2n) is 7.41. The Morgan fingerprint density at radius 1 is 1.12 bits per heavy atom. The normalized spacial score (nSPS) is 11.6. The third-order valence-corrected chi connectivity index (χ3v) is 5.19. The number of benzene rings is 2. The Balaban J connectivity index is 2.06. The Hall–Kier alpha value is -3.25. The lowest BCUT2D eigenvalue weighted by molar-refractivity contribution is -0.116. The number of fused-ring (bicyclic) bond motifs is 1. The number of ether oxygens (including phenoxy) is 3. The zero-order valence-corrected chi connectivity index (χ0v) is 19.4. The summed E-state index contributed by atoms with van der Waals surface area (Å²) in [7, 11) is 1.60. The summed E-state index contributed by atoms with van der Waals surface area (Å²) in [5.41, 5.74) is 5.37. The monoisotopic (exact) mass is 437 g/mol. The standard InChI is InChI=1S/C26H31NO5/c1-6-30-20-10-8-19(9-11-20)23-16-32-26-18(4)25(31-7-2)21(15-22(23)26)17(3)14-24(28)27-12-13-29-5/h8-11,14-16H,6-7,12-13H2,1-5H3,(H,27,28)/b17-14+. The highest BCUT2D eigenvalue weighted by molar-refractivity contribution is 6.01. The molecule has 0 aliphatic carbocycles. The van der Waals surface area contributed by atoms with Crippen molar-refractivity contribution >= 4 is 22.4 Å². The van der Waals surface area contributed by atoms with Crippen LogP contribution in [-0.2, 0) is 9.53 Å². The molecule has 170 valence electrons. The number of carbonyl (C=O) groups excluding carboxylic acids is 1. The van der Waals surface area contributed by atoms with E-state index in [2.05, 4.69) is 5.32 Å².